The van der Waals surface area contributed by atoms with Gasteiger partial charge in [-0.2, -0.15) is 0 Å². The molecular formula is C14H14N2O4S. The fraction of sp³-hybridized carbons (Fsp3) is 0.357. The first-order valence-electron chi connectivity index (χ1n) is 6.84. The fourth-order valence-corrected chi connectivity index (χ4v) is 3.89. The maximum absolute atomic E-state index is 12.1. The van der Waals surface area contributed by atoms with Crippen LogP contribution in [0.15, 0.2) is 29.1 Å². The number of fused-ring (bicyclic) bond motifs is 1. The SMILES string of the molecule is O=S(=O)(Nc1cc2c(c(-c3cnco3)c1)OCC2)C1CC1. The Morgan fingerprint density at radius 2 is 2.14 bits per heavy atom. The van der Waals surface area contributed by atoms with Gasteiger partial charge in [0.25, 0.3) is 0 Å². The summed E-state index contributed by atoms with van der Waals surface area (Å²) in [5, 5.41) is -0.254. The molecule has 6 nitrogen and oxygen atoms in total. The molecule has 1 aromatic heterocycles. The summed E-state index contributed by atoms with van der Waals surface area (Å²) in [6.45, 7) is 0.593. The molecule has 0 bridgehead atoms. The van der Waals surface area contributed by atoms with E-state index in [-0.39, 0.29) is 5.25 Å². The highest BCUT2D eigenvalue weighted by molar-refractivity contribution is 7.93. The second-order valence-corrected chi connectivity index (χ2v) is 7.28. The Labute approximate surface area is 122 Å². The van der Waals surface area contributed by atoms with Crippen LogP contribution in [0.2, 0.25) is 0 Å². The number of anilines is 1. The van der Waals surface area contributed by atoms with Gasteiger partial charge >= 0.3 is 0 Å². The number of aromatic nitrogens is 1. The molecule has 110 valence electrons. The summed E-state index contributed by atoms with van der Waals surface area (Å²) in [5.41, 5.74) is 2.27. The monoisotopic (exact) mass is 306 g/mol. The Bertz CT molecular complexity index is 780. The number of sulfonamides is 1. The topological polar surface area (TPSA) is 81.4 Å². The summed E-state index contributed by atoms with van der Waals surface area (Å²) in [5.74, 6) is 1.32. The molecule has 1 N–H and O–H groups in total. The van der Waals surface area contributed by atoms with Gasteiger partial charge in [-0.05, 0) is 25.0 Å². The number of hydrogen-bond acceptors (Lipinski definition) is 5. The average Bonchev–Trinajstić information content (AvgIpc) is 2.99. The van der Waals surface area contributed by atoms with Gasteiger partial charge in [0.15, 0.2) is 12.2 Å². The zero-order chi connectivity index (χ0) is 14.4. The molecule has 4 rings (SSSR count). The maximum atomic E-state index is 12.1. The van der Waals surface area contributed by atoms with E-state index in [2.05, 4.69) is 9.71 Å². The van der Waals surface area contributed by atoms with Gasteiger partial charge in [-0.25, -0.2) is 13.4 Å². The highest BCUT2D eigenvalue weighted by Gasteiger charge is 2.36. The van der Waals surface area contributed by atoms with E-state index in [4.69, 9.17) is 9.15 Å². The Morgan fingerprint density at radius 3 is 2.86 bits per heavy atom. The van der Waals surface area contributed by atoms with Crippen LogP contribution in [-0.4, -0.2) is 25.3 Å². The summed E-state index contributed by atoms with van der Waals surface area (Å²) >= 11 is 0. The van der Waals surface area contributed by atoms with E-state index in [1.54, 1.807) is 12.3 Å². The van der Waals surface area contributed by atoms with Crippen molar-refractivity contribution >= 4 is 15.7 Å². The zero-order valence-corrected chi connectivity index (χ0v) is 12.0. The van der Waals surface area contributed by atoms with Gasteiger partial charge in [0.2, 0.25) is 10.0 Å². The van der Waals surface area contributed by atoms with Crippen LogP contribution in [0.5, 0.6) is 5.75 Å². The van der Waals surface area contributed by atoms with E-state index < -0.39 is 10.0 Å². The summed E-state index contributed by atoms with van der Waals surface area (Å²) in [6, 6.07) is 3.58. The third-order valence-electron chi connectivity index (χ3n) is 3.70. The summed E-state index contributed by atoms with van der Waals surface area (Å²) in [7, 11) is -3.28. The molecule has 2 aliphatic rings. The summed E-state index contributed by atoms with van der Waals surface area (Å²) in [4.78, 5) is 3.91. The first kappa shape index (κ1) is 12.7. The van der Waals surface area contributed by atoms with E-state index >= 15 is 0 Å². The molecule has 1 aliphatic carbocycles. The molecule has 1 fully saturated rings. The first-order chi connectivity index (χ1) is 10.1. The van der Waals surface area contributed by atoms with E-state index in [0.29, 0.717) is 18.1 Å². The molecule has 1 aliphatic heterocycles. The van der Waals surface area contributed by atoms with Crippen molar-refractivity contribution in [1.29, 1.82) is 0 Å². The van der Waals surface area contributed by atoms with Crippen molar-refractivity contribution in [2.45, 2.75) is 24.5 Å². The molecule has 0 atom stereocenters. The molecular weight excluding hydrogens is 292 g/mol. The molecule has 2 aromatic rings. The van der Waals surface area contributed by atoms with Crippen molar-refractivity contribution < 1.29 is 17.6 Å². The minimum absolute atomic E-state index is 0.254. The lowest BCUT2D eigenvalue weighted by atomic mass is 10.1. The standard InChI is InChI=1S/C14H14N2O4S/c17-21(18,11-1-2-11)16-10-5-9-3-4-19-14(9)12(6-10)13-7-15-8-20-13/h5-8,11,16H,1-4H2. The van der Waals surface area contributed by atoms with Gasteiger partial charge in [0.05, 0.1) is 23.6 Å². The quantitative estimate of drug-likeness (QED) is 0.936. The molecule has 21 heavy (non-hydrogen) atoms. The number of nitrogens with one attached hydrogen (secondary N) is 1. The summed E-state index contributed by atoms with van der Waals surface area (Å²) < 4.78 is 37.8. The van der Waals surface area contributed by atoms with Gasteiger partial charge in [-0.3, -0.25) is 4.72 Å². The molecule has 0 amide bonds. The van der Waals surface area contributed by atoms with Crippen molar-refractivity contribution in [3.8, 4) is 17.1 Å². The minimum atomic E-state index is -3.28. The highest BCUT2D eigenvalue weighted by Crippen LogP contribution is 2.40. The van der Waals surface area contributed by atoms with Crippen LogP contribution in [0.25, 0.3) is 11.3 Å². The lowest BCUT2D eigenvalue weighted by molar-refractivity contribution is 0.357. The van der Waals surface area contributed by atoms with Gasteiger partial charge < -0.3 is 9.15 Å². The maximum Gasteiger partial charge on any atom is 0.235 e. The highest BCUT2D eigenvalue weighted by atomic mass is 32.2. The van der Waals surface area contributed by atoms with Gasteiger partial charge in [-0.15, -0.1) is 0 Å². The molecule has 0 spiro atoms. The molecule has 1 saturated carbocycles. The molecule has 1 aromatic carbocycles. The molecule has 7 heteroatoms. The second kappa shape index (κ2) is 4.49. The number of oxazole rings is 1. The van der Waals surface area contributed by atoms with Crippen LogP contribution in [0.4, 0.5) is 5.69 Å². The Kier molecular flexibility index (Phi) is 2.72. The van der Waals surface area contributed by atoms with Crippen molar-refractivity contribution in [2.24, 2.45) is 0 Å². The third kappa shape index (κ3) is 2.27. The first-order valence-corrected chi connectivity index (χ1v) is 8.38. The van der Waals surface area contributed by atoms with Crippen LogP contribution < -0.4 is 9.46 Å². The Hall–Kier alpha value is -2.02. The van der Waals surface area contributed by atoms with Crippen LogP contribution in [0.1, 0.15) is 18.4 Å². The van der Waals surface area contributed by atoms with Crippen molar-refractivity contribution in [3.63, 3.8) is 0 Å². The molecule has 0 radical (unpaired) electrons. The van der Waals surface area contributed by atoms with Crippen molar-refractivity contribution in [1.82, 2.24) is 4.98 Å². The van der Waals surface area contributed by atoms with Gasteiger partial charge in [-0.1, -0.05) is 0 Å². The van der Waals surface area contributed by atoms with E-state index in [1.165, 1.54) is 6.39 Å². The van der Waals surface area contributed by atoms with Gasteiger partial charge in [0.1, 0.15) is 5.75 Å². The normalized spacial score (nSPS) is 17.3. The average molecular weight is 306 g/mol. The zero-order valence-electron chi connectivity index (χ0n) is 11.2. The smallest absolute Gasteiger partial charge is 0.235 e. The molecule has 2 heterocycles. The number of ether oxygens (including phenoxy) is 1. The van der Waals surface area contributed by atoms with Crippen molar-refractivity contribution in [3.05, 3.63) is 30.3 Å². The van der Waals surface area contributed by atoms with Crippen LogP contribution in [-0.2, 0) is 16.4 Å². The minimum Gasteiger partial charge on any atom is -0.492 e. The second-order valence-electron chi connectivity index (χ2n) is 5.32. The van der Waals surface area contributed by atoms with Crippen molar-refractivity contribution in [2.75, 3.05) is 11.3 Å². The fourth-order valence-electron chi connectivity index (χ4n) is 2.52. The predicted molar refractivity (Wildman–Crippen MR) is 76.7 cm³/mol. The largest absolute Gasteiger partial charge is 0.492 e. The third-order valence-corrected chi connectivity index (χ3v) is 5.57. The Morgan fingerprint density at radius 1 is 1.29 bits per heavy atom. The molecule has 0 unspecified atom stereocenters. The predicted octanol–water partition coefficient (Wildman–Crippen LogP) is 2.18. The van der Waals surface area contributed by atoms with Crippen LogP contribution in [0, 0.1) is 0 Å². The Balaban J connectivity index is 1.77. The molecule has 0 saturated heterocycles. The lowest BCUT2D eigenvalue weighted by Gasteiger charge is -2.11. The van der Waals surface area contributed by atoms with E-state index in [9.17, 15) is 8.42 Å². The number of benzene rings is 1. The lowest BCUT2D eigenvalue weighted by Crippen LogP contribution is -2.17. The number of rotatable bonds is 4. The van der Waals surface area contributed by atoms with Crippen LogP contribution >= 0.6 is 0 Å². The van der Waals surface area contributed by atoms with E-state index in [1.807, 2.05) is 6.07 Å². The van der Waals surface area contributed by atoms with E-state index in [0.717, 1.165) is 36.1 Å². The number of hydrogen-bond donors (Lipinski definition) is 1. The van der Waals surface area contributed by atoms with Gasteiger partial charge in [0, 0.05) is 17.7 Å². The van der Waals surface area contributed by atoms with Crippen LogP contribution in [0.3, 0.4) is 0 Å². The summed E-state index contributed by atoms with van der Waals surface area (Å²) in [6.07, 6.45) is 5.17. The number of nitrogens with zero attached hydrogens (tertiary/aromatic N) is 1.